The van der Waals surface area contributed by atoms with Gasteiger partial charge in [0, 0.05) is 89.6 Å². The Kier molecular flexibility index (Phi) is 10.6. The number of likely N-dealkylation sites (tertiary alicyclic amines) is 2. The van der Waals surface area contributed by atoms with Crippen molar-refractivity contribution in [3.8, 4) is 11.3 Å². The van der Waals surface area contributed by atoms with Gasteiger partial charge >= 0.3 is 6.03 Å². The van der Waals surface area contributed by atoms with Gasteiger partial charge in [-0.3, -0.25) is 34.5 Å². The number of halogens is 4. The molecule has 3 saturated heterocycles. The first-order chi connectivity index (χ1) is 31.3. The number of imidazole rings is 1. The first-order valence-corrected chi connectivity index (χ1v) is 21.7. The molecule has 1 spiro atoms. The van der Waals surface area contributed by atoms with Gasteiger partial charge in [-0.1, -0.05) is 23.7 Å². The summed E-state index contributed by atoms with van der Waals surface area (Å²) < 4.78 is 55.0. The molecule has 0 bridgehead atoms. The summed E-state index contributed by atoms with van der Waals surface area (Å²) in [5.74, 6) is -4.67. The second-order valence-corrected chi connectivity index (χ2v) is 17.6. The molecule has 0 radical (unpaired) electrons. The van der Waals surface area contributed by atoms with E-state index in [4.69, 9.17) is 21.4 Å². The molecular weight excluding hydrogens is 869 g/mol. The van der Waals surface area contributed by atoms with Gasteiger partial charge in [0.15, 0.2) is 17.2 Å². The summed E-state index contributed by atoms with van der Waals surface area (Å²) in [6, 6.07) is 9.35. The van der Waals surface area contributed by atoms with Crippen LogP contribution in [0.1, 0.15) is 57.8 Å². The minimum Gasteiger partial charge on any atom is -0.385 e. The van der Waals surface area contributed by atoms with E-state index in [1.807, 2.05) is 34.1 Å². The molecule has 1 saturated carbocycles. The van der Waals surface area contributed by atoms with Crippen molar-refractivity contribution in [2.45, 2.75) is 56.7 Å². The molecule has 4 aromatic heterocycles. The van der Waals surface area contributed by atoms with E-state index in [0.717, 1.165) is 29.0 Å². The number of amides is 5. The number of urea groups is 1. The monoisotopic (exact) mass is 912 g/mol. The maximum Gasteiger partial charge on any atom is 0.328 e. The molecule has 5 aromatic rings. The van der Waals surface area contributed by atoms with Crippen molar-refractivity contribution in [1.29, 1.82) is 0 Å². The minimum atomic E-state index is -3.23. The molecule has 5 amide bonds. The molecule has 4 fully saturated rings. The summed E-state index contributed by atoms with van der Waals surface area (Å²) in [6.45, 7) is 0.126. The van der Waals surface area contributed by atoms with Crippen LogP contribution in [0, 0.1) is 11.2 Å². The number of carbonyl (C=O) groups excluding carboxylic acids is 4. The van der Waals surface area contributed by atoms with Gasteiger partial charge in [-0.05, 0) is 55.0 Å². The summed E-state index contributed by atoms with van der Waals surface area (Å²) in [5, 5.41) is 13.3. The molecule has 3 N–H and O–H groups in total. The Morgan fingerprint density at radius 3 is 2.51 bits per heavy atom. The van der Waals surface area contributed by atoms with Gasteiger partial charge in [-0.15, -0.1) is 5.10 Å². The lowest BCUT2D eigenvalue weighted by Gasteiger charge is -2.57. The molecule has 21 heteroatoms. The Morgan fingerprint density at radius 1 is 0.969 bits per heavy atom. The highest BCUT2D eigenvalue weighted by atomic mass is 35.5. The highest BCUT2D eigenvalue weighted by molar-refractivity contribution is 6.34. The van der Waals surface area contributed by atoms with E-state index in [1.165, 1.54) is 33.9 Å². The van der Waals surface area contributed by atoms with Crippen LogP contribution in [0.3, 0.4) is 0 Å². The molecule has 5 aliphatic rings. The maximum atomic E-state index is 16.1. The summed E-state index contributed by atoms with van der Waals surface area (Å²) >= 11 is 6.28. The fourth-order valence-electron chi connectivity index (χ4n) is 9.71. The van der Waals surface area contributed by atoms with Gasteiger partial charge in [0.05, 0.1) is 46.7 Å². The number of nitrogens with one attached hydrogen (secondary N) is 3. The van der Waals surface area contributed by atoms with E-state index in [1.54, 1.807) is 20.4 Å². The number of carbonyl (C=O) groups is 4. The van der Waals surface area contributed by atoms with Crippen LogP contribution >= 0.6 is 11.6 Å². The molecule has 1 unspecified atom stereocenters. The van der Waals surface area contributed by atoms with Crippen LogP contribution in [0.4, 0.5) is 40.8 Å². The predicted molar refractivity (Wildman–Crippen MR) is 232 cm³/mol. The molecule has 4 aliphatic heterocycles. The van der Waals surface area contributed by atoms with Gasteiger partial charge in [0.2, 0.25) is 5.91 Å². The number of rotatable bonds is 10. The number of hydrogen-bond acceptors (Lipinski definition) is 12. The lowest BCUT2D eigenvalue weighted by atomic mass is 9.69. The second kappa shape index (κ2) is 16.2. The number of alkyl halides is 2. The fraction of sp³-hybridized carbons (Fsp3) is 0.409. The number of ether oxygens (including phenoxy) is 1. The van der Waals surface area contributed by atoms with Crippen molar-refractivity contribution in [3.05, 3.63) is 88.3 Å². The average molecular weight is 913 g/mol. The number of anilines is 4. The van der Waals surface area contributed by atoms with E-state index < -0.39 is 41.5 Å². The largest absolute Gasteiger partial charge is 0.385 e. The number of benzene rings is 1. The predicted octanol–water partition coefficient (Wildman–Crippen LogP) is 5.05. The van der Waals surface area contributed by atoms with Gasteiger partial charge < -0.3 is 25.2 Å². The SMILES string of the molecule is CNc1cc(N2CCc3c(-c4ncc(CN5CC6(CCN(C(=O)c7cc(N8CCC(=O)NC8=O)c(Cl)cn7)CC6(F)F)C5)cc4F)cccc32)nn2c(C(=O)NC3CC[C@H]3OC)cnc12. The lowest BCUT2D eigenvalue weighted by molar-refractivity contribution is -0.220. The molecule has 1 aliphatic carbocycles. The standard InChI is InChI=1S/C44H44ClF3N12O5/c1-49-30-16-36(55-60-34(19-52-39(30)60)40(62)53-29-6-7-35(29)65-2)58-11-8-25-26(4-3-5-32(25)58)38-28(46)14-24(17-51-38)20-56-21-43(22-56)10-13-57(23-44(43,47)48)41(63)31-15-33(27(45)18-50-31)59-12-9-37(61)54-42(59)64/h3-5,14-19,29,35,49H,6-13,20-23H2,1-2H3,(H,53,62)(H,54,61,64)/t29?,35-/m1/s1. The lowest BCUT2D eigenvalue weighted by Crippen LogP contribution is -2.70. The van der Waals surface area contributed by atoms with Crippen molar-refractivity contribution in [1.82, 2.24) is 45.0 Å². The van der Waals surface area contributed by atoms with Gasteiger partial charge in [0.25, 0.3) is 17.7 Å². The fourth-order valence-corrected chi connectivity index (χ4v) is 9.92. The Morgan fingerprint density at radius 2 is 1.78 bits per heavy atom. The first-order valence-electron chi connectivity index (χ1n) is 21.4. The summed E-state index contributed by atoms with van der Waals surface area (Å²) in [7, 11) is 3.40. The van der Waals surface area contributed by atoms with E-state index in [2.05, 4.69) is 30.9 Å². The number of nitrogens with zero attached hydrogens (tertiary/aromatic N) is 9. The Labute approximate surface area is 375 Å². The molecule has 8 heterocycles. The molecule has 10 rings (SSSR count). The Hall–Kier alpha value is -6.38. The highest BCUT2D eigenvalue weighted by Gasteiger charge is 2.63. The van der Waals surface area contributed by atoms with Gasteiger partial charge in [-0.25, -0.2) is 32.4 Å². The van der Waals surface area contributed by atoms with Crippen LogP contribution in [0.15, 0.2) is 55.0 Å². The van der Waals surface area contributed by atoms with Gasteiger partial charge in [0.1, 0.15) is 17.2 Å². The summed E-state index contributed by atoms with van der Waals surface area (Å²) in [6.07, 6.45) is 6.57. The summed E-state index contributed by atoms with van der Waals surface area (Å²) in [5.41, 5.74) is 3.12. The van der Waals surface area contributed by atoms with Crippen molar-refractivity contribution >= 4 is 63.9 Å². The summed E-state index contributed by atoms with van der Waals surface area (Å²) in [4.78, 5) is 70.1. The molecule has 1 aromatic carbocycles. The van der Waals surface area contributed by atoms with Crippen LogP contribution in [-0.4, -0.2) is 130 Å². The van der Waals surface area contributed by atoms with E-state index >= 15 is 13.2 Å². The van der Waals surface area contributed by atoms with Gasteiger partial charge in [-0.2, -0.15) is 0 Å². The third-order valence-corrected chi connectivity index (χ3v) is 13.7. The third-order valence-electron chi connectivity index (χ3n) is 13.4. The zero-order valence-electron chi connectivity index (χ0n) is 35.4. The first kappa shape index (κ1) is 42.6. The number of piperidine rings is 1. The normalized spacial score (nSPS) is 21.2. The van der Waals surface area contributed by atoms with E-state index in [0.29, 0.717) is 41.2 Å². The van der Waals surface area contributed by atoms with E-state index in [9.17, 15) is 19.2 Å². The Bertz CT molecular complexity index is 2780. The van der Waals surface area contributed by atoms with Crippen molar-refractivity contribution < 1.29 is 37.1 Å². The molecule has 2 atom stereocenters. The molecule has 17 nitrogen and oxygen atoms in total. The second-order valence-electron chi connectivity index (χ2n) is 17.2. The smallest absolute Gasteiger partial charge is 0.328 e. The molecule has 338 valence electrons. The third kappa shape index (κ3) is 7.36. The average Bonchev–Trinajstić information content (AvgIpc) is 3.90. The zero-order chi connectivity index (χ0) is 45.4. The number of fused-ring (bicyclic) bond motifs is 2. The number of hydrogen-bond donors (Lipinski definition) is 3. The van der Waals surface area contributed by atoms with E-state index in [-0.39, 0.29) is 91.4 Å². The van der Waals surface area contributed by atoms with Crippen LogP contribution in [0.5, 0.6) is 0 Å². The number of aromatic nitrogens is 5. The molecular formula is C44H44ClF3N12O5. The van der Waals surface area contributed by atoms with Crippen molar-refractivity contribution in [2.75, 3.05) is 68.5 Å². The number of pyridine rings is 2. The van der Waals surface area contributed by atoms with Crippen LogP contribution < -0.4 is 25.8 Å². The quantitative estimate of drug-likeness (QED) is 0.170. The van der Waals surface area contributed by atoms with Crippen LogP contribution in [-0.2, 0) is 22.5 Å². The minimum absolute atomic E-state index is 0.0308. The Balaban J connectivity index is 0.802. The molecule has 65 heavy (non-hydrogen) atoms. The number of imide groups is 1. The van der Waals surface area contributed by atoms with Crippen molar-refractivity contribution in [3.63, 3.8) is 0 Å². The topological polar surface area (TPSA) is 183 Å². The maximum absolute atomic E-state index is 16.1. The van der Waals surface area contributed by atoms with Crippen LogP contribution in [0.2, 0.25) is 5.02 Å². The zero-order valence-corrected chi connectivity index (χ0v) is 36.2. The van der Waals surface area contributed by atoms with Crippen LogP contribution in [0.25, 0.3) is 16.9 Å². The highest BCUT2D eigenvalue weighted by Crippen LogP contribution is 2.51. The number of methoxy groups -OCH3 is 1. The van der Waals surface area contributed by atoms with Crippen molar-refractivity contribution in [2.24, 2.45) is 5.41 Å².